The number of benzene rings is 1. The second-order valence-corrected chi connectivity index (χ2v) is 6.01. The molecule has 1 saturated heterocycles. The molecular weight excluding hydrogens is 312 g/mol. The molecule has 7 nitrogen and oxygen atoms in total. The number of aliphatic carboxylic acids is 1. The number of carboxylic acids is 1. The Labute approximate surface area is 140 Å². The molecule has 0 aromatic heterocycles. The van der Waals surface area contributed by atoms with E-state index in [1.807, 2.05) is 6.92 Å². The van der Waals surface area contributed by atoms with E-state index in [0.717, 1.165) is 0 Å². The molecular formula is C17H22N2O5. The Morgan fingerprint density at radius 1 is 1.33 bits per heavy atom. The van der Waals surface area contributed by atoms with Crippen LogP contribution in [0, 0.1) is 11.8 Å². The van der Waals surface area contributed by atoms with E-state index in [1.165, 1.54) is 11.0 Å². The normalized spacial score (nSPS) is 20.3. The fraction of sp³-hybridized carbons (Fsp3) is 0.471. The summed E-state index contributed by atoms with van der Waals surface area (Å²) in [5.74, 6) is -1.77. The van der Waals surface area contributed by atoms with Crippen molar-refractivity contribution in [2.45, 2.75) is 20.3 Å². The highest BCUT2D eigenvalue weighted by atomic mass is 16.5. The summed E-state index contributed by atoms with van der Waals surface area (Å²) in [6.45, 7) is 4.62. The number of anilines is 1. The zero-order valence-electron chi connectivity index (χ0n) is 13.8. The van der Waals surface area contributed by atoms with E-state index in [0.29, 0.717) is 24.2 Å². The van der Waals surface area contributed by atoms with Crippen LogP contribution < -0.4 is 5.32 Å². The van der Waals surface area contributed by atoms with E-state index < -0.39 is 17.9 Å². The Balaban J connectivity index is 2.05. The molecule has 0 saturated carbocycles. The Kier molecular flexibility index (Phi) is 5.78. The van der Waals surface area contributed by atoms with Crippen LogP contribution in [0.3, 0.4) is 0 Å². The monoisotopic (exact) mass is 334 g/mol. The number of carboxylic acid groups (broad SMARTS) is 1. The number of urea groups is 1. The van der Waals surface area contributed by atoms with E-state index in [9.17, 15) is 19.5 Å². The van der Waals surface area contributed by atoms with Gasteiger partial charge in [0.1, 0.15) is 0 Å². The number of piperidine rings is 1. The Morgan fingerprint density at radius 3 is 2.75 bits per heavy atom. The number of hydrogen-bond acceptors (Lipinski definition) is 4. The molecule has 1 aliphatic rings. The first-order chi connectivity index (χ1) is 11.4. The smallest absolute Gasteiger partial charge is 0.338 e. The first-order valence-corrected chi connectivity index (χ1v) is 7.96. The van der Waals surface area contributed by atoms with E-state index in [1.54, 1.807) is 25.1 Å². The van der Waals surface area contributed by atoms with Gasteiger partial charge in [0.05, 0.1) is 18.1 Å². The van der Waals surface area contributed by atoms with Crippen molar-refractivity contribution in [3.63, 3.8) is 0 Å². The van der Waals surface area contributed by atoms with Gasteiger partial charge >= 0.3 is 18.0 Å². The standard InChI is InChI=1S/C17H22N2O5/c1-3-24-16(22)12-5-4-6-14(8-12)18-17(23)19-9-11(2)7-13(10-19)15(20)21/h4-6,8,11,13H,3,7,9-10H2,1-2H3,(H,18,23)(H,20,21). The number of amides is 2. The molecule has 1 aromatic rings. The number of ether oxygens (including phenoxy) is 1. The Hall–Kier alpha value is -2.57. The summed E-state index contributed by atoms with van der Waals surface area (Å²) in [6.07, 6.45) is 0.567. The second-order valence-electron chi connectivity index (χ2n) is 6.01. The zero-order valence-corrected chi connectivity index (χ0v) is 13.8. The Morgan fingerprint density at radius 2 is 2.08 bits per heavy atom. The summed E-state index contributed by atoms with van der Waals surface area (Å²) in [6, 6.07) is 6.10. The van der Waals surface area contributed by atoms with Gasteiger partial charge < -0.3 is 20.1 Å². The molecule has 2 atom stereocenters. The van der Waals surface area contributed by atoms with Crippen molar-refractivity contribution in [2.75, 3.05) is 25.0 Å². The molecule has 7 heteroatoms. The largest absolute Gasteiger partial charge is 0.481 e. The van der Waals surface area contributed by atoms with Crippen LogP contribution in [0.5, 0.6) is 0 Å². The molecule has 130 valence electrons. The van der Waals surface area contributed by atoms with Gasteiger partial charge in [-0.2, -0.15) is 0 Å². The van der Waals surface area contributed by atoms with Gasteiger partial charge in [-0.15, -0.1) is 0 Å². The number of rotatable bonds is 4. The third-order valence-electron chi connectivity index (χ3n) is 3.92. The van der Waals surface area contributed by atoms with E-state index in [2.05, 4.69) is 5.32 Å². The molecule has 1 fully saturated rings. The summed E-state index contributed by atoms with van der Waals surface area (Å²) in [5.41, 5.74) is 0.820. The average molecular weight is 334 g/mol. The fourth-order valence-electron chi connectivity index (χ4n) is 2.84. The highest BCUT2D eigenvalue weighted by Crippen LogP contribution is 2.22. The highest BCUT2D eigenvalue weighted by molar-refractivity contribution is 5.94. The lowest BCUT2D eigenvalue weighted by molar-refractivity contribution is -0.143. The lowest BCUT2D eigenvalue weighted by atomic mass is 9.91. The third-order valence-corrected chi connectivity index (χ3v) is 3.92. The van der Waals surface area contributed by atoms with Crippen LogP contribution in [0.2, 0.25) is 0 Å². The minimum atomic E-state index is -0.886. The summed E-state index contributed by atoms with van der Waals surface area (Å²) in [4.78, 5) is 36.8. The van der Waals surface area contributed by atoms with Crippen LogP contribution in [-0.2, 0) is 9.53 Å². The zero-order chi connectivity index (χ0) is 17.7. The summed E-state index contributed by atoms with van der Waals surface area (Å²) in [5, 5.41) is 11.9. The number of nitrogens with zero attached hydrogens (tertiary/aromatic N) is 1. The van der Waals surface area contributed by atoms with Gasteiger partial charge in [-0.25, -0.2) is 9.59 Å². The van der Waals surface area contributed by atoms with E-state index >= 15 is 0 Å². The van der Waals surface area contributed by atoms with Crippen molar-refractivity contribution in [2.24, 2.45) is 11.8 Å². The van der Waals surface area contributed by atoms with Gasteiger partial charge in [-0.1, -0.05) is 13.0 Å². The lowest BCUT2D eigenvalue weighted by Gasteiger charge is -2.34. The number of esters is 1. The maximum atomic E-state index is 12.4. The molecule has 0 radical (unpaired) electrons. The third kappa shape index (κ3) is 4.47. The van der Waals surface area contributed by atoms with Crippen molar-refractivity contribution in [1.82, 2.24) is 4.90 Å². The highest BCUT2D eigenvalue weighted by Gasteiger charge is 2.31. The fourth-order valence-corrected chi connectivity index (χ4v) is 2.84. The molecule has 2 unspecified atom stereocenters. The van der Waals surface area contributed by atoms with Gasteiger partial charge in [0.2, 0.25) is 0 Å². The van der Waals surface area contributed by atoms with Gasteiger partial charge in [0.15, 0.2) is 0 Å². The van der Waals surface area contributed by atoms with Gasteiger partial charge in [0, 0.05) is 18.8 Å². The van der Waals surface area contributed by atoms with Crippen molar-refractivity contribution in [3.8, 4) is 0 Å². The molecule has 2 N–H and O–H groups in total. The number of nitrogens with one attached hydrogen (secondary N) is 1. The Bertz CT molecular complexity index is 631. The van der Waals surface area contributed by atoms with Crippen molar-refractivity contribution in [1.29, 1.82) is 0 Å². The molecule has 2 amide bonds. The number of hydrogen-bond donors (Lipinski definition) is 2. The molecule has 0 bridgehead atoms. The van der Waals surface area contributed by atoms with Gasteiger partial charge in [-0.05, 0) is 37.5 Å². The topological polar surface area (TPSA) is 95.9 Å². The SMILES string of the molecule is CCOC(=O)c1cccc(NC(=O)N2CC(C)CC(C(=O)O)C2)c1. The summed E-state index contributed by atoms with van der Waals surface area (Å²) < 4.78 is 4.93. The van der Waals surface area contributed by atoms with Gasteiger partial charge in [0.25, 0.3) is 0 Å². The van der Waals surface area contributed by atoms with Crippen LogP contribution in [0.15, 0.2) is 24.3 Å². The lowest BCUT2D eigenvalue weighted by Crippen LogP contribution is -2.47. The quantitative estimate of drug-likeness (QED) is 0.825. The first kappa shape index (κ1) is 17.8. The van der Waals surface area contributed by atoms with Crippen LogP contribution >= 0.6 is 0 Å². The van der Waals surface area contributed by atoms with E-state index in [-0.39, 0.29) is 25.1 Å². The maximum absolute atomic E-state index is 12.4. The predicted octanol–water partition coefficient (Wildman–Crippen LogP) is 2.44. The van der Waals surface area contributed by atoms with Crippen LogP contribution in [0.1, 0.15) is 30.6 Å². The van der Waals surface area contributed by atoms with E-state index in [4.69, 9.17) is 4.74 Å². The summed E-state index contributed by atoms with van der Waals surface area (Å²) in [7, 11) is 0. The molecule has 2 rings (SSSR count). The molecule has 1 heterocycles. The van der Waals surface area contributed by atoms with Crippen molar-refractivity contribution in [3.05, 3.63) is 29.8 Å². The van der Waals surface area contributed by atoms with Crippen molar-refractivity contribution < 1.29 is 24.2 Å². The second kappa shape index (κ2) is 7.81. The first-order valence-electron chi connectivity index (χ1n) is 7.96. The van der Waals surface area contributed by atoms with Crippen LogP contribution in [0.4, 0.5) is 10.5 Å². The van der Waals surface area contributed by atoms with Crippen LogP contribution in [0.25, 0.3) is 0 Å². The molecule has 24 heavy (non-hydrogen) atoms. The molecule has 0 aliphatic carbocycles. The van der Waals surface area contributed by atoms with Crippen molar-refractivity contribution >= 4 is 23.7 Å². The van der Waals surface area contributed by atoms with Gasteiger partial charge in [-0.3, -0.25) is 4.79 Å². The average Bonchev–Trinajstić information content (AvgIpc) is 2.54. The number of carbonyl (C=O) groups excluding carboxylic acids is 2. The predicted molar refractivity (Wildman–Crippen MR) is 87.9 cm³/mol. The molecule has 0 spiro atoms. The molecule has 1 aromatic carbocycles. The van der Waals surface area contributed by atoms with Crippen LogP contribution in [-0.4, -0.2) is 47.7 Å². The summed E-state index contributed by atoms with van der Waals surface area (Å²) >= 11 is 0. The minimum absolute atomic E-state index is 0.122. The maximum Gasteiger partial charge on any atom is 0.338 e. The molecule has 1 aliphatic heterocycles. The number of likely N-dealkylation sites (tertiary alicyclic amines) is 1. The minimum Gasteiger partial charge on any atom is -0.481 e. The number of carbonyl (C=O) groups is 3.